The van der Waals surface area contributed by atoms with E-state index in [1.165, 1.54) is 18.3 Å². The van der Waals surface area contributed by atoms with Crippen molar-refractivity contribution in [2.75, 3.05) is 6.61 Å². The molecule has 2 rings (SSSR count). The maximum atomic E-state index is 13.3. The number of hydrogen-bond donors (Lipinski definition) is 1. The number of halogens is 1. The molecule has 21 heavy (non-hydrogen) atoms. The van der Waals surface area contributed by atoms with Gasteiger partial charge in [-0.05, 0) is 30.7 Å². The third-order valence-electron chi connectivity index (χ3n) is 2.88. The summed E-state index contributed by atoms with van der Waals surface area (Å²) in [5.41, 5.74) is 6.42. The van der Waals surface area contributed by atoms with E-state index >= 15 is 0 Å². The molecule has 5 nitrogen and oxygen atoms in total. The van der Waals surface area contributed by atoms with Gasteiger partial charge >= 0.3 is 5.97 Å². The van der Waals surface area contributed by atoms with Crippen LogP contribution in [0, 0.1) is 5.82 Å². The molecule has 0 atom stereocenters. The second kappa shape index (κ2) is 6.21. The van der Waals surface area contributed by atoms with E-state index in [9.17, 15) is 14.0 Å². The lowest BCUT2D eigenvalue weighted by Gasteiger charge is -2.02. The first-order chi connectivity index (χ1) is 10.0. The molecule has 0 aliphatic heterocycles. The van der Waals surface area contributed by atoms with Gasteiger partial charge in [-0.2, -0.15) is 0 Å². The lowest BCUT2D eigenvalue weighted by molar-refractivity contribution is -0.117. The van der Waals surface area contributed by atoms with Gasteiger partial charge in [0, 0.05) is 18.1 Å². The van der Waals surface area contributed by atoms with Gasteiger partial charge in [-0.1, -0.05) is 6.07 Å². The Morgan fingerprint density at radius 2 is 2.10 bits per heavy atom. The van der Waals surface area contributed by atoms with Crippen molar-refractivity contribution in [1.82, 2.24) is 4.57 Å². The average Bonchev–Trinajstić information content (AvgIpc) is 2.82. The molecule has 1 amide bonds. The van der Waals surface area contributed by atoms with Gasteiger partial charge in [0.25, 0.3) is 0 Å². The van der Waals surface area contributed by atoms with E-state index in [4.69, 9.17) is 10.5 Å². The highest BCUT2D eigenvalue weighted by molar-refractivity contribution is 5.93. The molecule has 110 valence electrons. The molecule has 0 unspecified atom stereocenters. The number of esters is 1. The number of primary amides is 1. The summed E-state index contributed by atoms with van der Waals surface area (Å²) in [5, 5.41) is 0. The van der Waals surface area contributed by atoms with E-state index in [1.807, 2.05) is 0 Å². The number of nitrogens with zero attached hydrogens (tertiary/aromatic N) is 1. The number of carbonyl (C=O) groups excluding carboxylic acids is 2. The Morgan fingerprint density at radius 1 is 1.33 bits per heavy atom. The first-order valence-electron chi connectivity index (χ1n) is 6.43. The minimum Gasteiger partial charge on any atom is -0.462 e. The first kappa shape index (κ1) is 14.8. The summed E-state index contributed by atoms with van der Waals surface area (Å²) in [6, 6.07) is 5.89. The molecule has 0 saturated carbocycles. The van der Waals surface area contributed by atoms with E-state index in [2.05, 4.69) is 0 Å². The number of amides is 1. The second-order valence-electron chi connectivity index (χ2n) is 4.45. The fourth-order valence-electron chi connectivity index (χ4n) is 2.00. The second-order valence-corrected chi connectivity index (χ2v) is 4.45. The normalized spacial score (nSPS) is 10.4. The van der Waals surface area contributed by atoms with Crippen LogP contribution in [0.1, 0.15) is 22.8 Å². The van der Waals surface area contributed by atoms with Gasteiger partial charge < -0.3 is 15.0 Å². The molecule has 2 N–H and O–H groups in total. The molecular weight excluding hydrogens is 275 g/mol. The zero-order valence-corrected chi connectivity index (χ0v) is 11.5. The predicted molar refractivity (Wildman–Crippen MR) is 74.6 cm³/mol. The Kier molecular flexibility index (Phi) is 4.37. The lowest BCUT2D eigenvalue weighted by atomic mass is 10.1. The molecule has 1 aromatic carbocycles. The SMILES string of the molecule is CCOC(=O)c1cn(-c2cccc(F)c2)cc1CC(N)=O. The van der Waals surface area contributed by atoms with Crippen LogP contribution < -0.4 is 5.73 Å². The van der Waals surface area contributed by atoms with Crippen molar-refractivity contribution >= 4 is 11.9 Å². The van der Waals surface area contributed by atoms with Crippen molar-refractivity contribution < 1.29 is 18.7 Å². The Labute approximate surface area is 121 Å². The smallest absolute Gasteiger partial charge is 0.339 e. The van der Waals surface area contributed by atoms with E-state index < -0.39 is 17.7 Å². The van der Waals surface area contributed by atoms with E-state index in [-0.39, 0.29) is 18.6 Å². The predicted octanol–water partition coefficient (Wildman–Crippen LogP) is 1.82. The minimum absolute atomic E-state index is 0.0868. The van der Waals surface area contributed by atoms with Crippen molar-refractivity contribution in [3.8, 4) is 5.69 Å². The highest BCUT2D eigenvalue weighted by atomic mass is 19.1. The van der Waals surface area contributed by atoms with Crippen LogP contribution in [0.5, 0.6) is 0 Å². The fourth-order valence-corrected chi connectivity index (χ4v) is 2.00. The molecule has 0 spiro atoms. The van der Waals surface area contributed by atoms with Gasteiger partial charge in [0.1, 0.15) is 5.82 Å². The van der Waals surface area contributed by atoms with Gasteiger partial charge in [-0.25, -0.2) is 9.18 Å². The summed E-state index contributed by atoms with van der Waals surface area (Å²) >= 11 is 0. The molecule has 0 saturated heterocycles. The Hall–Kier alpha value is -2.63. The zero-order chi connectivity index (χ0) is 15.4. The van der Waals surface area contributed by atoms with Crippen LogP contribution in [0.15, 0.2) is 36.7 Å². The van der Waals surface area contributed by atoms with Crippen LogP contribution in [-0.4, -0.2) is 23.1 Å². The monoisotopic (exact) mass is 290 g/mol. The largest absolute Gasteiger partial charge is 0.462 e. The van der Waals surface area contributed by atoms with Crippen LogP contribution in [-0.2, 0) is 16.0 Å². The Morgan fingerprint density at radius 3 is 2.71 bits per heavy atom. The van der Waals surface area contributed by atoms with E-state index in [0.717, 1.165) is 0 Å². The summed E-state index contributed by atoms with van der Waals surface area (Å²) < 4.78 is 19.8. The van der Waals surface area contributed by atoms with E-state index in [0.29, 0.717) is 11.3 Å². The molecular formula is C15H15FN2O3. The van der Waals surface area contributed by atoms with Gasteiger partial charge in [0.2, 0.25) is 5.91 Å². The van der Waals surface area contributed by atoms with Crippen LogP contribution in [0.25, 0.3) is 5.69 Å². The molecule has 0 fully saturated rings. The number of rotatable bonds is 5. The third kappa shape index (κ3) is 3.47. The fraction of sp³-hybridized carbons (Fsp3) is 0.200. The van der Waals surface area contributed by atoms with Crippen molar-refractivity contribution in [3.63, 3.8) is 0 Å². The van der Waals surface area contributed by atoms with Crippen molar-refractivity contribution in [2.45, 2.75) is 13.3 Å². The topological polar surface area (TPSA) is 74.3 Å². The van der Waals surface area contributed by atoms with Gasteiger partial charge in [0.15, 0.2) is 0 Å². The molecule has 2 aromatic rings. The lowest BCUT2D eigenvalue weighted by Crippen LogP contribution is -2.15. The van der Waals surface area contributed by atoms with Crippen LogP contribution >= 0.6 is 0 Å². The molecule has 1 heterocycles. The number of ether oxygens (including phenoxy) is 1. The highest BCUT2D eigenvalue weighted by Crippen LogP contribution is 2.18. The van der Waals surface area contributed by atoms with Gasteiger partial charge in [-0.15, -0.1) is 0 Å². The van der Waals surface area contributed by atoms with Crippen molar-refractivity contribution in [2.24, 2.45) is 5.73 Å². The molecule has 0 aliphatic carbocycles. The van der Waals surface area contributed by atoms with Gasteiger partial charge in [0.05, 0.1) is 18.6 Å². The Bertz CT molecular complexity index is 679. The standard InChI is InChI=1S/C15H15FN2O3/c1-2-21-15(20)13-9-18(8-10(13)6-14(17)19)12-5-3-4-11(16)7-12/h3-5,7-9H,2,6H2,1H3,(H2,17,19). The molecule has 0 aliphatic rings. The molecule has 0 radical (unpaired) electrons. The summed E-state index contributed by atoms with van der Waals surface area (Å²) in [6.45, 7) is 1.91. The number of nitrogens with two attached hydrogens (primary N) is 1. The number of carbonyl (C=O) groups is 2. The van der Waals surface area contributed by atoms with E-state index in [1.54, 1.807) is 29.8 Å². The van der Waals surface area contributed by atoms with Crippen molar-refractivity contribution in [1.29, 1.82) is 0 Å². The number of hydrogen-bond acceptors (Lipinski definition) is 3. The zero-order valence-electron chi connectivity index (χ0n) is 11.5. The summed E-state index contributed by atoms with van der Waals surface area (Å²) in [6.07, 6.45) is 2.99. The molecule has 6 heteroatoms. The average molecular weight is 290 g/mol. The van der Waals surface area contributed by atoms with Crippen LogP contribution in [0.3, 0.4) is 0 Å². The summed E-state index contributed by atoms with van der Waals surface area (Å²) in [7, 11) is 0. The van der Waals surface area contributed by atoms with Crippen LogP contribution in [0.2, 0.25) is 0 Å². The summed E-state index contributed by atoms with van der Waals surface area (Å²) in [4.78, 5) is 23.0. The summed E-state index contributed by atoms with van der Waals surface area (Å²) in [5.74, 6) is -1.49. The Balaban J connectivity index is 2.44. The third-order valence-corrected chi connectivity index (χ3v) is 2.88. The maximum Gasteiger partial charge on any atom is 0.339 e. The number of benzene rings is 1. The quantitative estimate of drug-likeness (QED) is 0.854. The van der Waals surface area contributed by atoms with Gasteiger partial charge in [-0.3, -0.25) is 4.79 Å². The minimum atomic E-state index is -0.558. The van der Waals surface area contributed by atoms with Crippen LogP contribution in [0.4, 0.5) is 4.39 Å². The number of aromatic nitrogens is 1. The highest BCUT2D eigenvalue weighted by Gasteiger charge is 2.17. The molecule has 0 bridgehead atoms. The van der Waals surface area contributed by atoms with Crippen molar-refractivity contribution in [3.05, 3.63) is 53.6 Å². The maximum absolute atomic E-state index is 13.3. The first-order valence-corrected chi connectivity index (χ1v) is 6.43. The molecule has 1 aromatic heterocycles.